The maximum Gasteiger partial charge on any atom is 0.144 e. The van der Waals surface area contributed by atoms with E-state index in [4.69, 9.17) is 46.7 Å². The number of hydrogen-bond donors (Lipinski definition) is 1. The van der Waals surface area contributed by atoms with E-state index in [-0.39, 0.29) is 26.9 Å². The smallest absolute Gasteiger partial charge is 0.144 e. The van der Waals surface area contributed by atoms with E-state index >= 15 is 0 Å². The van der Waals surface area contributed by atoms with Crippen molar-refractivity contribution in [2.45, 2.75) is 38.9 Å². The van der Waals surface area contributed by atoms with Crippen LogP contribution < -0.4 is 19.7 Å². The van der Waals surface area contributed by atoms with Crippen molar-refractivity contribution in [3.05, 3.63) is 368 Å². The van der Waals surface area contributed by atoms with Gasteiger partial charge in [-0.05, 0) is 234 Å². The predicted molar refractivity (Wildman–Crippen MR) is 536 cm³/mol. The number of ether oxygens (including phenoxy) is 3. The van der Waals surface area contributed by atoms with Gasteiger partial charge in [-0.1, -0.05) is 309 Å². The number of hydrogen-bond acceptors (Lipinski definition) is 7. The zero-order chi connectivity index (χ0) is 82.6. The number of thiol groups is 1. The van der Waals surface area contributed by atoms with Crippen LogP contribution in [0.2, 0.25) is 0 Å². The van der Waals surface area contributed by atoms with Gasteiger partial charge in [0, 0.05) is 89.0 Å². The fourth-order valence-corrected chi connectivity index (χ4v) is 17.9. The topological polar surface area (TPSA) is 58.5 Å². The maximum absolute atomic E-state index is 6.77. The van der Waals surface area contributed by atoms with Crippen LogP contribution in [0.15, 0.2) is 373 Å². The van der Waals surface area contributed by atoms with Gasteiger partial charge in [-0.25, -0.2) is 0 Å². The molecular weight excluding hydrogens is 1550 g/mol. The first-order chi connectivity index (χ1) is 59.1. The molecule has 578 valence electrons. The Hall–Kier alpha value is -12.6. The molecule has 1 fully saturated rings. The standard InChI is InChI=1S/C40H24O.C26H25BO2.C20H11BrO.C20H12O.B5.BHNS.6H2/c1-2-9-26-22-27(17-16-25(26)8-1)28-18-19-30-24-31(21-20-29(30)23-28)38-34-12-4-3-10-32(34)35-13-7-14-36-33-11-5-6-15-37(33)41-40(38)39(35)36;1-25(2)26(3,4)29-27(28-25)24-14-13-22-16-21(11-12-23(22)17-24)20-10-9-18-7-5-6-8-19(18)15-20;21-19-16-8-2-1-6-12(16)14-9-5-10-15-13-7-3-4-11-17(13)22-20(19)18(14)15;1-2-7-14-13(6-1)12-19-20-16(14)9-5-10-17(20)15-8-3-4-11-18(15)21-19;1-4-5(2)3;1-2-3;;;;;;/h1-24H;5-17H,1-4H3;1-11H;1-12H;;3H;6*1H. The molecule has 0 spiro atoms. The molecule has 0 aromatic heterocycles. The SMILES string of the molecule is Brc1c2c3c(cccc3c3ccccc13)-c1ccccc1O2.CC1(C)OB(c2ccc3cc(-c4ccc5ccccc5c4)ccc3c2)OC1(C)C.[B]=NS.[B][B]B([B])[B].[HH].[HH].[HH].[HH].[HH].[HH].c1ccc2c(c1)Oc1c(-c3ccc4cc(-c5ccc6ccccc6c5)ccc4c3)c3ccccc3c3cccc-2c13.c1ccc2c(c1)Oc1cc3ccccc3c3cccc-2c13. The Bertz CT molecular complexity index is 7550. The quantitative estimate of drug-likeness (QED) is 0.106. The van der Waals surface area contributed by atoms with Crippen LogP contribution in [0, 0.1) is 0 Å². The van der Waals surface area contributed by atoms with E-state index in [1.54, 1.807) is 0 Å². The molecule has 20 aromatic rings. The van der Waals surface area contributed by atoms with Crippen molar-refractivity contribution >= 4 is 193 Å². The first kappa shape index (κ1) is 78.3. The van der Waals surface area contributed by atoms with E-state index in [0.717, 1.165) is 61.1 Å². The van der Waals surface area contributed by atoms with Gasteiger partial charge < -0.3 is 23.5 Å². The second kappa shape index (κ2) is 32.8. The summed E-state index contributed by atoms with van der Waals surface area (Å²) in [6.45, 7) is 8.35. The molecule has 15 heteroatoms. The molecule has 0 bridgehead atoms. The minimum atomic E-state index is -0.463. The van der Waals surface area contributed by atoms with E-state index in [9.17, 15) is 0 Å². The molecule has 4 heterocycles. The molecule has 0 unspecified atom stereocenters. The fourth-order valence-electron chi connectivity index (χ4n) is 17.3. The Morgan fingerprint density at radius 3 is 1.14 bits per heavy atom. The van der Waals surface area contributed by atoms with Crippen LogP contribution >= 0.6 is 28.7 Å². The largest absolute Gasteiger partial charge is 0.456 e. The summed E-state index contributed by atoms with van der Waals surface area (Å²) in [5.41, 5.74) is 14.9. The van der Waals surface area contributed by atoms with Crippen molar-refractivity contribution in [1.82, 2.24) is 0 Å². The molecular formula is C106H85B7BrNO5S. The zero-order valence-electron chi connectivity index (χ0n) is 67.0. The Morgan fingerprint density at radius 1 is 0.322 bits per heavy atom. The molecule has 20 aromatic carbocycles. The Balaban J connectivity index is 0.000000143. The van der Waals surface area contributed by atoms with Crippen LogP contribution in [-0.4, -0.2) is 62.6 Å². The normalized spacial score (nSPS) is 13.1. The monoisotopic (exact) mass is 1640 g/mol. The first-order valence-electron chi connectivity index (χ1n) is 40.5. The van der Waals surface area contributed by atoms with Crippen LogP contribution in [0.5, 0.6) is 34.5 Å². The molecule has 0 atom stereocenters. The number of fused-ring (bicyclic) bond motifs is 16. The summed E-state index contributed by atoms with van der Waals surface area (Å²) >= 11 is 6.95. The van der Waals surface area contributed by atoms with E-state index in [1.807, 2.05) is 30.3 Å². The van der Waals surface area contributed by atoms with Gasteiger partial charge in [-0.2, -0.15) is 0 Å². The van der Waals surface area contributed by atoms with Gasteiger partial charge in [0.25, 0.3) is 0 Å². The summed E-state index contributed by atoms with van der Waals surface area (Å²) in [4.78, 5) is 0. The summed E-state index contributed by atoms with van der Waals surface area (Å²) in [5, 5.41) is 24.6. The van der Waals surface area contributed by atoms with Crippen LogP contribution in [0.1, 0.15) is 36.3 Å². The van der Waals surface area contributed by atoms with Gasteiger partial charge in [0.1, 0.15) is 28.7 Å². The van der Waals surface area contributed by atoms with Gasteiger partial charge >= 0.3 is 31.9 Å². The van der Waals surface area contributed by atoms with Crippen LogP contribution in [0.4, 0.5) is 0 Å². The molecule has 121 heavy (non-hydrogen) atoms. The molecule has 8 radical (unpaired) electrons. The van der Waals surface area contributed by atoms with Crippen molar-refractivity contribution < 1.29 is 32.1 Å². The van der Waals surface area contributed by atoms with Gasteiger partial charge in [-0.15, -0.1) is 0 Å². The molecule has 6 nitrogen and oxygen atoms in total. The number of benzene rings is 20. The van der Waals surface area contributed by atoms with Crippen molar-refractivity contribution in [2.75, 3.05) is 0 Å². The van der Waals surface area contributed by atoms with Crippen LogP contribution in [0.3, 0.4) is 0 Å². The minimum absolute atomic E-state index is 0. The Kier molecular flexibility index (Phi) is 21.2. The molecule has 0 amide bonds. The summed E-state index contributed by atoms with van der Waals surface area (Å²) in [6.07, 6.45) is -0.463. The third-order valence-corrected chi connectivity index (χ3v) is 24.7. The zero-order valence-corrected chi connectivity index (χ0v) is 69.5. The van der Waals surface area contributed by atoms with Crippen LogP contribution in [-0.2, 0) is 9.31 Å². The summed E-state index contributed by atoms with van der Waals surface area (Å²) in [7, 11) is 19.8. The van der Waals surface area contributed by atoms with Crippen LogP contribution in [0.25, 0.3) is 174 Å². The molecule has 24 rings (SSSR count). The molecule has 0 saturated carbocycles. The van der Waals surface area contributed by atoms with Gasteiger partial charge in [0.05, 0.1) is 15.7 Å². The first-order valence-corrected chi connectivity index (χ1v) is 41.7. The van der Waals surface area contributed by atoms with E-state index in [2.05, 4.69) is 402 Å². The molecule has 0 N–H and O–H groups in total. The van der Waals surface area contributed by atoms with Gasteiger partial charge in [0.15, 0.2) is 5.75 Å². The van der Waals surface area contributed by atoms with E-state index in [0.29, 0.717) is 0 Å². The van der Waals surface area contributed by atoms with Crippen molar-refractivity contribution in [1.29, 1.82) is 0 Å². The van der Waals surface area contributed by atoms with E-state index < -0.39 is 6.39 Å². The van der Waals surface area contributed by atoms with Crippen molar-refractivity contribution in [2.24, 2.45) is 4.30 Å². The molecule has 0 aliphatic carbocycles. The van der Waals surface area contributed by atoms with E-state index in [1.165, 1.54) is 165 Å². The third-order valence-electron chi connectivity index (χ3n) is 23.9. The second-order valence-electron chi connectivity index (χ2n) is 31.7. The Morgan fingerprint density at radius 2 is 0.645 bits per heavy atom. The molecule has 1 saturated heterocycles. The maximum atomic E-state index is 6.77. The average molecular weight is 1640 g/mol. The molecule has 4 aliphatic rings. The fraction of sp³-hybridized carbons (Fsp3) is 0.0566. The summed E-state index contributed by atoms with van der Waals surface area (Å²) < 4.78 is 35.3. The number of halogens is 1. The second-order valence-corrected chi connectivity index (χ2v) is 32.7. The number of rotatable bonds is 5. The average Bonchev–Trinajstić information content (AvgIpc) is 1.56. The predicted octanol–water partition coefficient (Wildman–Crippen LogP) is 29.4. The summed E-state index contributed by atoms with van der Waals surface area (Å²) in [5.74, 6) is 5.58. The Labute approximate surface area is 733 Å². The van der Waals surface area contributed by atoms with Gasteiger partial charge in [0.2, 0.25) is 0 Å². The van der Waals surface area contributed by atoms with Gasteiger partial charge in [-0.3, -0.25) is 0 Å². The number of para-hydroxylation sites is 3. The van der Waals surface area contributed by atoms with Crippen molar-refractivity contribution in [3.63, 3.8) is 0 Å². The number of nitrogens with zero attached hydrogens (tertiary/aromatic N) is 1. The van der Waals surface area contributed by atoms with Crippen molar-refractivity contribution in [3.8, 4) is 101 Å². The summed E-state index contributed by atoms with van der Waals surface area (Å²) in [6, 6.07) is 129. The third kappa shape index (κ3) is 14.8. The molecule has 4 aliphatic heterocycles. The minimum Gasteiger partial charge on any atom is -0.456 e.